The van der Waals surface area contributed by atoms with E-state index in [0.29, 0.717) is 0 Å². The predicted molar refractivity (Wildman–Crippen MR) is 97.1 cm³/mol. The van der Waals surface area contributed by atoms with Crippen molar-refractivity contribution >= 4 is 5.91 Å². The summed E-state index contributed by atoms with van der Waals surface area (Å²) < 4.78 is 0. The monoisotopic (exact) mass is 360 g/mol. The van der Waals surface area contributed by atoms with Gasteiger partial charge in [0.05, 0.1) is 6.04 Å². The van der Waals surface area contributed by atoms with Gasteiger partial charge in [-0.3, -0.25) is 14.9 Å². The molecule has 26 heavy (non-hydrogen) atoms. The molecular weight excluding hydrogens is 332 g/mol. The number of hydrazine groups is 2. The van der Waals surface area contributed by atoms with Crippen LogP contribution < -0.4 is 27.1 Å². The molecule has 5 atom stereocenters. The summed E-state index contributed by atoms with van der Waals surface area (Å²) in [6.45, 7) is 4.12. The van der Waals surface area contributed by atoms with Crippen molar-refractivity contribution in [1.29, 1.82) is 0 Å². The number of hydrogen-bond acceptors (Lipinski definition) is 7. The van der Waals surface area contributed by atoms with Crippen LogP contribution >= 0.6 is 0 Å². The minimum absolute atomic E-state index is 0.0176. The van der Waals surface area contributed by atoms with E-state index in [1.54, 1.807) is 0 Å². The molecule has 8 heteroatoms. The van der Waals surface area contributed by atoms with E-state index >= 15 is 0 Å². The molecular formula is C18H28N6O2. The van der Waals surface area contributed by atoms with Crippen LogP contribution in [0, 0.1) is 0 Å². The fourth-order valence-corrected chi connectivity index (χ4v) is 3.90. The number of nitrogens with zero attached hydrogens (tertiary/aromatic N) is 1. The third-order valence-corrected chi connectivity index (χ3v) is 5.72. The highest BCUT2D eigenvalue weighted by atomic mass is 16.7. The minimum Gasteiger partial charge on any atom is -0.348 e. The van der Waals surface area contributed by atoms with Crippen LogP contribution in [0.4, 0.5) is 0 Å². The maximum absolute atomic E-state index is 12.6. The Morgan fingerprint density at radius 2 is 2.27 bits per heavy atom. The summed E-state index contributed by atoms with van der Waals surface area (Å²) in [6.07, 6.45) is 2.90. The first-order valence-corrected chi connectivity index (χ1v) is 9.41. The third kappa shape index (κ3) is 3.24. The summed E-state index contributed by atoms with van der Waals surface area (Å²) in [6, 6.07) is 6.40. The number of aryl methyl sites for hydroxylation is 1. The molecule has 0 bridgehead atoms. The highest BCUT2D eigenvalue weighted by Crippen LogP contribution is 2.33. The van der Waals surface area contributed by atoms with Crippen molar-refractivity contribution in [2.24, 2.45) is 0 Å². The molecule has 2 aliphatic heterocycles. The average Bonchev–Trinajstić information content (AvgIpc) is 3.35. The molecule has 0 spiro atoms. The standard InChI is InChI=1S/C18H28N6O2/c1-4-15-20-17(22-26-15)12-5-7-13-11(9-12)6-8-14(13)19-18(25)16-10(2)24(3)23-21-16/h5,7,9-10,14-17,20-23H,4,6,8H2,1-3H3,(H,19,25)/t10?,14-,15?,16?,17?/m1/s1. The van der Waals surface area contributed by atoms with Gasteiger partial charge in [-0.15, -0.1) is 0 Å². The maximum atomic E-state index is 12.6. The SMILES string of the molecule is CCC1NC(c2ccc3c(c2)CC[C@H]3NC(=O)C2NNN(C)C2C)NO1. The highest BCUT2D eigenvalue weighted by Gasteiger charge is 2.35. The molecule has 2 saturated heterocycles. The van der Waals surface area contributed by atoms with E-state index in [0.717, 1.165) is 19.3 Å². The molecule has 8 nitrogen and oxygen atoms in total. The van der Waals surface area contributed by atoms with E-state index in [9.17, 15) is 4.79 Å². The first kappa shape index (κ1) is 17.8. The van der Waals surface area contributed by atoms with E-state index in [1.807, 2.05) is 19.0 Å². The van der Waals surface area contributed by atoms with Gasteiger partial charge in [0.25, 0.3) is 0 Å². The highest BCUT2D eigenvalue weighted by molar-refractivity contribution is 5.83. The zero-order chi connectivity index (χ0) is 18.3. The molecule has 4 rings (SSSR count). The van der Waals surface area contributed by atoms with E-state index in [4.69, 9.17) is 4.84 Å². The van der Waals surface area contributed by atoms with E-state index in [2.05, 4.69) is 52.2 Å². The Labute approximate surface area is 153 Å². The lowest BCUT2D eigenvalue weighted by molar-refractivity contribution is -0.124. The summed E-state index contributed by atoms with van der Waals surface area (Å²) in [4.78, 5) is 18.1. The summed E-state index contributed by atoms with van der Waals surface area (Å²) in [5, 5.41) is 8.53. The van der Waals surface area contributed by atoms with Crippen molar-refractivity contribution < 1.29 is 9.63 Å². The van der Waals surface area contributed by atoms with E-state index < -0.39 is 0 Å². The van der Waals surface area contributed by atoms with Gasteiger partial charge in [-0.1, -0.05) is 25.1 Å². The molecule has 4 unspecified atom stereocenters. The van der Waals surface area contributed by atoms with Gasteiger partial charge in [-0.2, -0.15) is 11.0 Å². The van der Waals surface area contributed by atoms with Gasteiger partial charge >= 0.3 is 0 Å². The lowest BCUT2D eigenvalue weighted by Gasteiger charge is -2.21. The molecule has 142 valence electrons. The molecule has 0 radical (unpaired) electrons. The summed E-state index contributed by atoms with van der Waals surface area (Å²) in [7, 11) is 1.93. The minimum atomic E-state index is -0.252. The summed E-state index contributed by atoms with van der Waals surface area (Å²) in [5.41, 5.74) is 12.8. The first-order valence-electron chi connectivity index (χ1n) is 9.41. The van der Waals surface area contributed by atoms with Gasteiger partial charge in [0.15, 0.2) is 0 Å². The second-order valence-electron chi connectivity index (χ2n) is 7.38. The lowest BCUT2D eigenvalue weighted by Crippen LogP contribution is -2.47. The maximum Gasteiger partial charge on any atom is 0.240 e. The number of amides is 1. The van der Waals surface area contributed by atoms with Crippen molar-refractivity contribution in [2.45, 2.75) is 63.6 Å². The Hall–Kier alpha value is -1.55. The Bertz CT molecular complexity index is 684. The van der Waals surface area contributed by atoms with Crippen molar-refractivity contribution in [2.75, 3.05) is 7.05 Å². The Morgan fingerprint density at radius 1 is 1.42 bits per heavy atom. The molecule has 1 amide bonds. The molecule has 0 aromatic heterocycles. The van der Waals surface area contributed by atoms with Crippen molar-refractivity contribution in [1.82, 2.24) is 32.1 Å². The summed E-state index contributed by atoms with van der Waals surface area (Å²) >= 11 is 0. The Kier molecular flexibility index (Phi) is 4.96. The van der Waals surface area contributed by atoms with E-state index in [-0.39, 0.29) is 36.4 Å². The van der Waals surface area contributed by atoms with Crippen LogP contribution in [0.25, 0.3) is 0 Å². The van der Waals surface area contributed by atoms with Crippen molar-refractivity contribution in [3.63, 3.8) is 0 Å². The van der Waals surface area contributed by atoms with Gasteiger partial charge in [0, 0.05) is 13.1 Å². The number of hydrogen-bond donors (Lipinski definition) is 5. The van der Waals surface area contributed by atoms with Gasteiger partial charge in [0.2, 0.25) is 5.91 Å². The van der Waals surface area contributed by atoms with Crippen molar-refractivity contribution in [3.8, 4) is 0 Å². The first-order chi connectivity index (χ1) is 12.6. The normalized spacial score (nSPS) is 34.2. The number of benzene rings is 1. The van der Waals surface area contributed by atoms with Crippen LogP contribution in [0.3, 0.4) is 0 Å². The van der Waals surface area contributed by atoms with E-state index in [1.165, 1.54) is 16.7 Å². The molecule has 0 saturated carbocycles. The average molecular weight is 360 g/mol. The fraction of sp³-hybridized carbons (Fsp3) is 0.611. The predicted octanol–water partition coefficient (Wildman–Crippen LogP) is 0.361. The molecule has 2 heterocycles. The molecule has 3 aliphatic rings. The topological polar surface area (TPSA) is 89.7 Å². The van der Waals surface area contributed by atoms with Crippen LogP contribution in [0.15, 0.2) is 18.2 Å². The Balaban J connectivity index is 1.43. The van der Waals surface area contributed by atoms with Crippen LogP contribution in [0.1, 0.15) is 55.6 Å². The largest absolute Gasteiger partial charge is 0.348 e. The Morgan fingerprint density at radius 3 is 2.96 bits per heavy atom. The number of hydroxylamine groups is 1. The van der Waals surface area contributed by atoms with Gasteiger partial charge in [0.1, 0.15) is 18.4 Å². The van der Waals surface area contributed by atoms with Gasteiger partial charge in [-0.05, 0) is 42.9 Å². The van der Waals surface area contributed by atoms with Crippen LogP contribution in [0.5, 0.6) is 0 Å². The summed E-state index contributed by atoms with van der Waals surface area (Å²) in [5.74, 6) is 0.0367. The smallest absolute Gasteiger partial charge is 0.240 e. The van der Waals surface area contributed by atoms with Crippen molar-refractivity contribution in [3.05, 3.63) is 34.9 Å². The number of carbonyl (C=O) groups is 1. The fourth-order valence-electron chi connectivity index (χ4n) is 3.90. The second kappa shape index (κ2) is 7.22. The van der Waals surface area contributed by atoms with Gasteiger partial charge < -0.3 is 5.32 Å². The quantitative estimate of drug-likeness (QED) is 0.530. The molecule has 1 aliphatic carbocycles. The third-order valence-electron chi connectivity index (χ3n) is 5.72. The molecule has 1 aromatic carbocycles. The lowest BCUT2D eigenvalue weighted by atomic mass is 10.0. The molecule has 2 fully saturated rings. The van der Waals surface area contributed by atoms with Gasteiger partial charge in [-0.25, -0.2) is 10.4 Å². The second-order valence-corrected chi connectivity index (χ2v) is 7.38. The van der Waals surface area contributed by atoms with Crippen LogP contribution in [0.2, 0.25) is 0 Å². The van der Waals surface area contributed by atoms with Crippen LogP contribution in [-0.2, 0) is 16.1 Å². The molecule has 5 N–H and O–H groups in total. The number of nitrogens with one attached hydrogen (secondary N) is 5. The van der Waals surface area contributed by atoms with Crippen LogP contribution in [-0.4, -0.2) is 36.3 Å². The zero-order valence-electron chi connectivity index (χ0n) is 15.5. The number of rotatable bonds is 4. The zero-order valence-corrected chi connectivity index (χ0v) is 15.5. The molecule has 1 aromatic rings. The number of carbonyl (C=O) groups excluding carboxylic acids is 1. The number of likely N-dealkylation sites (N-methyl/N-ethyl adjacent to an activating group) is 1. The number of fused-ring (bicyclic) bond motifs is 1.